The molecule has 1 rings (SSSR count). The molecule has 0 aromatic heterocycles. The quantitative estimate of drug-likeness (QED) is 0.904. The Bertz CT molecular complexity index is 380. The summed E-state index contributed by atoms with van der Waals surface area (Å²) in [5, 5.41) is 9.97. The van der Waals surface area contributed by atoms with Crippen molar-refractivity contribution in [2.75, 3.05) is 7.11 Å². The second-order valence-electron chi connectivity index (χ2n) is 4.76. The smallest absolute Gasteiger partial charge is 0.124 e. The molecule has 0 spiro atoms. The normalized spacial score (nSPS) is 13.8. The fourth-order valence-electron chi connectivity index (χ4n) is 1.66. The van der Waals surface area contributed by atoms with Crippen molar-refractivity contribution in [2.24, 2.45) is 0 Å². The molecule has 0 bridgehead atoms. The van der Waals surface area contributed by atoms with Crippen molar-refractivity contribution in [1.82, 2.24) is 0 Å². The summed E-state index contributed by atoms with van der Waals surface area (Å²) < 4.78 is 18.8. The third-order valence-corrected chi connectivity index (χ3v) is 3.49. The molecule has 0 fully saturated rings. The van der Waals surface area contributed by atoms with E-state index in [4.69, 9.17) is 4.74 Å². The van der Waals surface area contributed by atoms with Gasteiger partial charge in [0.25, 0.3) is 0 Å². The maximum Gasteiger partial charge on any atom is 0.124 e. The maximum absolute atomic E-state index is 12.9. The van der Waals surface area contributed by atoms with E-state index in [1.165, 1.54) is 12.1 Å². The minimum atomic E-state index is -0.508. The minimum absolute atomic E-state index is 0.285. The lowest BCUT2D eigenvalue weighted by Crippen LogP contribution is -2.29. The maximum atomic E-state index is 12.9. The Morgan fingerprint density at radius 1 is 1.47 bits per heavy atom. The number of hydrogen-bond acceptors (Lipinski definition) is 2. The van der Waals surface area contributed by atoms with Gasteiger partial charge in [-0.3, -0.25) is 0 Å². The van der Waals surface area contributed by atoms with Crippen LogP contribution in [0.15, 0.2) is 22.7 Å². The number of halogens is 2. The number of hydrogen-bond donors (Lipinski definition) is 1. The van der Waals surface area contributed by atoms with Crippen LogP contribution in [0.1, 0.15) is 25.8 Å². The Morgan fingerprint density at radius 3 is 2.65 bits per heavy atom. The van der Waals surface area contributed by atoms with Crippen LogP contribution in [-0.2, 0) is 11.2 Å². The van der Waals surface area contributed by atoms with E-state index in [1.807, 2.05) is 13.8 Å². The zero-order valence-corrected chi connectivity index (χ0v) is 11.9. The van der Waals surface area contributed by atoms with Gasteiger partial charge in [-0.2, -0.15) is 0 Å². The molecule has 0 aliphatic rings. The fourth-order valence-corrected chi connectivity index (χ4v) is 2.18. The Balaban J connectivity index is 2.65. The van der Waals surface area contributed by atoms with E-state index in [-0.39, 0.29) is 11.4 Å². The van der Waals surface area contributed by atoms with Crippen LogP contribution in [0, 0.1) is 5.82 Å². The summed E-state index contributed by atoms with van der Waals surface area (Å²) in [6, 6.07) is 4.49. The molecule has 1 aromatic rings. The van der Waals surface area contributed by atoms with Gasteiger partial charge in [0.2, 0.25) is 0 Å². The third-order valence-electron chi connectivity index (χ3n) is 2.75. The standard InChI is InChI=1S/C13H18BrFO2/c1-13(2,17-3)8-11(16)6-9-4-5-10(15)7-12(9)14/h4-5,7,11,16H,6,8H2,1-3H3. The molecule has 0 amide bonds. The van der Waals surface area contributed by atoms with E-state index in [2.05, 4.69) is 15.9 Å². The molecule has 2 nitrogen and oxygen atoms in total. The van der Waals surface area contributed by atoms with E-state index in [0.717, 1.165) is 5.56 Å². The predicted molar refractivity (Wildman–Crippen MR) is 69.5 cm³/mol. The van der Waals surface area contributed by atoms with E-state index in [1.54, 1.807) is 13.2 Å². The molecule has 0 aliphatic heterocycles. The summed E-state index contributed by atoms with van der Waals surface area (Å²) in [7, 11) is 1.63. The van der Waals surface area contributed by atoms with Crippen molar-refractivity contribution in [3.8, 4) is 0 Å². The van der Waals surface area contributed by atoms with Crippen molar-refractivity contribution in [3.05, 3.63) is 34.1 Å². The number of benzene rings is 1. The molecule has 0 saturated heterocycles. The lowest BCUT2D eigenvalue weighted by molar-refractivity contribution is -0.0191. The first kappa shape index (κ1) is 14.6. The molecular weight excluding hydrogens is 287 g/mol. The zero-order valence-electron chi connectivity index (χ0n) is 10.3. The molecule has 1 aromatic carbocycles. The lowest BCUT2D eigenvalue weighted by atomic mass is 9.96. The summed E-state index contributed by atoms with van der Waals surface area (Å²) >= 11 is 3.29. The van der Waals surface area contributed by atoms with Crippen LogP contribution in [0.2, 0.25) is 0 Å². The van der Waals surface area contributed by atoms with Crippen LogP contribution in [-0.4, -0.2) is 23.9 Å². The van der Waals surface area contributed by atoms with E-state index in [9.17, 15) is 9.50 Å². The molecule has 1 atom stereocenters. The SMILES string of the molecule is COC(C)(C)CC(O)Cc1ccc(F)cc1Br. The van der Waals surface area contributed by atoms with Gasteiger partial charge in [0.15, 0.2) is 0 Å². The Labute approximate surface area is 110 Å². The molecule has 17 heavy (non-hydrogen) atoms. The number of rotatable bonds is 5. The number of methoxy groups -OCH3 is 1. The lowest BCUT2D eigenvalue weighted by Gasteiger charge is -2.26. The van der Waals surface area contributed by atoms with Crippen molar-refractivity contribution in [2.45, 2.75) is 38.4 Å². The summed E-state index contributed by atoms with van der Waals surface area (Å²) in [5.74, 6) is -0.285. The van der Waals surface area contributed by atoms with Crippen molar-refractivity contribution >= 4 is 15.9 Å². The Hall–Kier alpha value is -0.450. The van der Waals surface area contributed by atoms with Gasteiger partial charge in [0.05, 0.1) is 11.7 Å². The van der Waals surface area contributed by atoms with Crippen molar-refractivity contribution in [1.29, 1.82) is 0 Å². The average molecular weight is 305 g/mol. The number of aliphatic hydroxyl groups is 1. The average Bonchev–Trinajstić information content (AvgIpc) is 2.21. The minimum Gasteiger partial charge on any atom is -0.393 e. The van der Waals surface area contributed by atoms with Crippen LogP contribution < -0.4 is 0 Å². The molecule has 96 valence electrons. The molecule has 0 radical (unpaired) electrons. The van der Waals surface area contributed by atoms with E-state index < -0.39 is 6.10 Å². The first-order chi connectivity index (χ1) is 7.84. The van der Waals surface area contributed by atoms with Gasteiger partial charge in [0, 0.05) is 18.0 Å². The summed E-state index contributed by atoms with van der Waals surface area (Å²) in [6.07, 6.45) is 0.507. The first-order valence-corrected chi connectivity index (χ1v) is 6.30. The number of ether oxygens (including phenoxy) is 1. The van der Waals surface area contributed by atoms with Crippen molar-refractivity contribution < 1.29 is 14.2 Å². The van der Waals surface area contributed by atoms with Gasteiger partial charge in [-0.1, -0.05) is 22.0 Å². The second-order valence-corrected chi connectivity index (χ2v) is 5.62. The second kappa shape index (κ2) is 5.94. The van der Waals surface area contributed by atoms with Gasteiger partial charge in [-0.05, 0) is 38.0 Å². The fraction of sp³-hybridized carbons (Fsp3) is 0.538. The van der Waals surface area contributed by atoms with Crippen LogP contribution in [0.5, 0.6) is 0 Å². The molecular formula is C13H18BrFO2. The van der Waals surface area contributed by atoms with Crippen LogP contribution in [0.4, 0.5) is 4.39 Å². The van der Waals surface area contributed by atoms with Gasteiger partial charge in [-0.25, -0.2) is 4.39 Å². The Kier molecular flexibility index (Phi) is 5.10. The topological polar surface area (TPSA) is 29.5 Å². The summed E-state index contributed by atoms with van der Waals surface area (Å²) in [6.45, 7) is 3.85. The van der Waals surface area contributed by atoms with Gasteiger partial charge >= 0.3 is 0 Å². The van der Waals surface area contributed by atoms with Crippen molar-refractivity contribution in [3.63, 3.8) is 0 Å². The summed E-state index contributed by atoms with van der Waals surface area (Å²) in [5.41, 5.74) is 0.539. The van der Waals surface area contributed by atoms with Crippen LogP contribution >= 0.6 is 15.9 Å². The van der Waals surface area contributed by atoms with Crippen LogP contribution in [0.3, 0.4) is 0 Å². The molecule has 1 N–H and O–H groups in total. The summed E-state index contributed by atoms with van der Waals surface area (Å²) in [4.78, 5) is 0. The molecule has 0 saturated carbocycles. The molecule has 0 aliphatic carbocycles. The van der Waals surface area contributed by atoms with E-state index in [0.29, 0.717) is 17.3 Å². The van der Waals surface area contributed by atoms with E-state index >= 15 is 0 Å². The number of aliphatic hydroxyl groups excluding tert-OH is 1. The molecule has 4 heteroatoms. The third kappa shape index (κ3) is 4.74. The highest BCUT2D eigenvalue weighted by Crippen LogP contribution is 2.23. The highest BCUT2D eigenvalue weighted by Gasteiger charge is 2.22. The monoisotopic (exact) mass is 304 g/mol. The first-order valence-electron chi connectivity index (χ1n) is 5.51. The molecule has 0 heterocycles. The predicted octanol–water partition coefficient (Wildman–Crippen LogP) is 3.31. The molecule has 1 unspecified atom stereocenters. The zero-order chi connectivity index (χ0) is 13.1. The van der Waals surface area contributed by atoms with Gasteiger partial charge in [-0.15, -0.1) is 0 Å². The van der Waals surface area contributed by atoms with Gasteiger partial charge < -0.3 is 9.84 Å². The van der Waals surface area contributed by atoms with Gasteiger partial charge in [0.1, 0.15) is 5.82 Å². The highest BCUT2D eigenvalue weighted by molar-refractivity contribution is 9.10. The Morgan fingerprint density at radius 2 is 2.12 bits per heavy atom. The van der Waals surface area contributed by atoms with Crippen LogP contribution in [0.25, 0.3) is 0 Å². The largest absolute Gasteiger partial charge is 0.393 e. The highest BCUT2D eigenvalue weighted by atomic mass is 79.9.